The molecule has 3 aromatic carbocycles. The summed E-state index contributed by atoms with van der Waals surface area (Å²) in [6, 6.07) is 29.9. The highest BCUT2D eigenvalue weighted by Gasteiger charge is 2.31. The molecule has 0 aliphatic carbocycles. The molecule has 0 bridgehead atoms. The average molecular weight is 354 g/mol. The van der Waals surface area contributed by atoms with Gasteiger partial charge in [0.2, 0.25) is 0 Å². The third-order valence-electron chi connectivity index (χ3n) is 4.96. The minimum Gasteiger partial charge on any atom is -0.319 e. The van der Waals surface area contributed by atoms with Gasteiger partial charge in [0.25, 0.3) is 0 Å². The number of nitrogens with zero attached hydrogens (tertiary/aromatic N) is 2. The smallest absolute Gasteiger partial charge is 0.173 e. The number of hydrogen-bond donors (Lipinski definition) is 0. The molecule has 126 valence electrons. The van der Waals surface area contributed by atoms with Crippen LogP contribution >= 0.6 is 11.8 Å². The van der Waals surface area contributed by atoms with Crippen LogP contribution in [-0.2, 0) is 0 Å². The van der Waals surface area contributed by atoms with Crippen molar-refractivity contribution in [2.24, 2.45) is 4.99 Å². The van der Waals surface area contributed by atoms with E-state index in [1.54, 1.807) is 11.8 Å². The van der Waals surface area contributed by atoms with Crippen LogP contribution in [0.2, 0.25) is 0 Å². The van der Waals surface area contributed by atoms with Gasteiger partial charge in [-0.15, -0.1) is 0 Å². The highest BCUT2D eigenvalue weighted by molar-refractivity contribution is 8.16. The Morgan fingerprint density at radius 3 is 2.31 bits per heavy atom. The zero-order chi connectivity index (χ0) is 17.3. The van der Waals surface area contributed by atoms with Gasteiger partial charge < -0.3 is 4.90 Å². The monoisotopic (exact) mass is 354 g/mol. The summed E-state index contributed by atoms with van der Waals surface area (Å²) in [5.74, 6) is 0.291. The van der Waals surface area contributed by atoms with Crippen molar-refractivity contribution < 1.29 is 0 Å². The van der Waals surface area contributed by atoms with Gasteiger partial charge in [-0.3, -0.25) is 0 Å². The summed E-state index contributed by atoms with van der Waals surface area (Å²) in [6.45, 7) is 0.896. The van der Waals surface area contributed by atoms with Crippen molar-refractivity contribution in [3.8, 4) is 0 Å². The maximum atomic E-state index is 5.01. The van der Waals surface area contributed by atoms with Crippen molar-refractivity contribution in [3.63, 3.8) is 0 Å². The molecule has 0 spiro atoms. The van der Waals surface area contributed by atoms with E-state index in [9.17, 15) is 0 Å². The lowest BCUT2D eigenvalue weighted by atomic mass is 9.90. The quantitative estimate of drug-likeness (QED) is 0.572. The molecule has 0 saturated heterocycles. The van der Waals surface area contributed by atoms with Gasteiger partial charge in [-0.25, -0.2) is 4.99 Å². The standard InChI is InChI=1S/C23H18N2S/c1-3-9-17(10-4-1)20-15-25-22(18-11-5-2-6-12-18)16-26-23(25)24-21-14-8-7-13-19(20)21/h1-14,16,20H,15H2. The van der Waals surface area contributed by atoms with Crippen LogP contribution in [0.15, 0.2) is 95.3 Å². The van der Waals surface area contributed by atoms with E-state index >= 15 is 0 Å². The summed E-state index contributed by atoms with van der Waals surface area (Å²) in [5.41, 5.74) is 6.19. The molecule has 3 aromatic rings. The molecular weight excluding hydrogens is 336 g/mol. The molecule has 5 rings (SSSR count). The second kappa shape index (κ2) is 6.50. The van der Waals surface area contributed by atoms with E-state index < -0.39 is 0 Å². The van der Waals surface area contributed by atoms with E-state index in [0.717, 1.165) is 17.4 Å². The van der Waals surface area contributed by atoms with Gasteiger partial charge in [-0.2, -0.15) is 0 Å². The number of hydrogen-bond acceptors (Lipinski definition) is 3. The number of para-hydroxylation sites is 1. The van der Waals surface area contributed by atoms with Crippen molar-refractivity contribution in [2.75, 3.05) is 6.54 Å². The Hall–Kier alpha value is -2.78. The lowest BCUT2D eigenvalue weighted by molar-refractivity contribution is 0.558. The summed E-state index contributed by atoms with van der Waals surface area (Å²) in [6.07, 6.45) is 0. The Labute approximate surface area is 157 Å². The molecule has 2 aliphatic rings. The van der Waals surface area contributed by atoms with Crippen LogP contribution in [0, 0.1) is 0 Å². The number of rotatable bonds is 2. The summed E-state index contributed by atoms with van der Waals surface area (Å²) in [4.78, 5) is 7.38. The SMILES string of the molecule is C1=C(c2ccccc2)N2CC(c3ccccc3)c3ccccc3N=C2S1. The first-order valence-electron chi connectivity index (χ1n) is 8.82. The lowest BCUT2D eigenvalue weighted by Gasteiger charge is -2.26. The molecule has 0 N–H and O–H groups in total. The first kappa shape index (κ1) is 15.5. The Morgan fingerprint density at radius 2 is 1.50 bits per heavy atom. The second-order valence-electron chi connectivity index (χ2n) is 6.51. The number of benzene rings is 3. The topological polar surface area (TPSA) is 15.6 Å². The van der Waals surface area contributed by atoms with Gasteiger partial charge in [0, 0.05) is 17.9 Å². The first-order valence-corrected chi connectivity index (χ1v) is 9.70. The largest absolute Gasteiger partial charge is 0.319 e. The molecule has 26 heavy (non-hydrogen) atoms. The lowest BCUT2D eigenvalue weighted by Crippen LogP contribution is -2.27. The number of amidine groups is 1. The Bertz CT molecular complexity index is 993. The van der Waals surface area contributed by atoms with Crippen LogP contribution in [0.4, 0.5) is 5.69 Å². The summed E-state index contributed by atoms with van der Waals surface area (Å²) < 4.78 is 0. The van der Waals surface area contributed by atoms with E-state index in [0.29, 0.717) is 5.92 Å². The zero-order valence-electron chi connectivity index (χ0n) is 14.2. The number of aliphatic imine (C=N–C) groups is 1. The van der Waals surface area contributed by atoms with Gasteiger partial charge in [-0.1, -0.05) is 90.6 Å². The molecule has 0 aromatic heterocycles. The predicted octanol–water partition coefficient (Wildman–Crippen LogP) is 5.87. The number of thioether (sulfide) groups is 1. The van der Waals surface area contributed by atoms with Gasteiger partial charge in [0.15, 0.2) is 5.17 Å². The molecule has 1 unspecified atom stereocenters. The van der Waals surface area contributed by atoms with Crippen molar-refractivity contribution in [3.05, 3.63) is 107 Å². The van der Waals surface area contributed by atoms with Crippen LogP contribution in [0.3, 0.4) is 0 Å². The van der Waals surface area contributed by atoms with E-state index in [-0.39, 0.29) is 0 Å². The average Bonchev–Trinajstić information content (AvgIpc) is 3.02. The van der Waals surface area contributed by atoms with Crippen LogP contribution in [0.5, 0.6) is 0 Å². The summed E-state index contributed by atoms with van der Waals surface area (Å²) >= 11 is 1.72. The molecule has 2 aliphatic heterocycles. The van der Waals surface area contributed by atoms with Crippen LogP contribution < -0.4 is 0 Å². The zero-order valence-corrected chi connectivity index (χ0v) is 15.1. The third-order valence-corrected chi connectivity index (χ3v) is 5.83. The fraction of sp³-hybridized carbons (Fsp3) is 0.0870. The van der Waals surface area contributed by atoms with E-state index in [1.165, 1.54) is 22.4 Å². The molecule has 3 heteroatoms. The molecular formula is C23H18N2S. The van der Waals surface area contributed by atoms with E-state index in [2.05, 4.69) is 95.2 Å². The van der Waals surface area contributed by atoms with Crippen molar-refractivity contribution in [1.82, 2.24) is 4.90 Å². The Kier molecular flexibility index (Phi) is 3.87. The normalized spacial score (nSPS) is 18.5. The van der Waals surface area contributed by atoms with Gasteiger partial charge in [-0.05, 0) is 22.8 Å². The fourth-order valence-corrected chi connectivity index (χ4v) is 4.60. The molecule has 1 atom stereocenters. The maximum Gasteiger partial charge on any atom is 0.173 e. The van der Waals surface area contributed by atoms with E-state index in [4.69, 9.17) is 4.99 Å². The van der Waals surface area contributed by atoms with Gasteiger partial charge >= 0.3 is 0 Å². The first-order chi connectivity index (χ1) is 12.9. The highest BCUT2D eigenvalue weighted by atomic mass is 32.2. The fourth-order valence-electron chi connectivity index (χ4n) is 3.67. The minimum atomic E-state index is 0.291. The highest BCUT2D eigenvalue weighted by Crippen LogP contribution is 2.42. The van der Waals surface area contributed by atoms with Crippen molar-refractivity contribution in [1.29, 1.82) is 0 Å². The molecule has 2 nitrogen and oxygen atoms in total. The van der Waals surface area contributed by atoms with Crippen molar-refractivity contribution >= 4 is 28.3 Å². The van der Waals surface area contributed by atoms with Crippen LogP contribution in [0.1, 0.15) is 22.6 Å². The van der Waals surface area contributed by atoms with Crippen LogP contribution in [0.25, 0.3) is 5.70 Å². The molecule has 2 heterocycles. The third kappa shape index (κ3) is 2.65. The molecule has 0 saturated carbocycles. The van der Waals surface area contributed by atoms with Gasteiger partial charge in [0.05, 0.1) is 11.4 Å². The Balaban J connectivity index is 1.62. The predicted molar refractivity (Wildman–Crippen MR) is 111 cm³/mol. The Morgan fingerprint density at radius 1 is 0.808 bits per heavy atom. The maximum absolute atomic E-state index is 5.01. The minimum absolute atomic E-state index is 0.291. The second-order valence-corrected chi connectivity index (χ2v) is 7.35. The molecule has 0 amide bonds. The summed E-state index contributed by atoms with van der Waals surface area (Å²) in [5, 5.41) is 3.29. The summed E-state index contributed by atoms with van der Waals surface area (Å²) in [7, 11) is 0. The molecule has 0 radical (unpaired) electrons. The molecule has 0 fully saturated rings. The van der Waals surface area contributed by atoms with E-state index in [1.807, 2.05) is 0 Å². The van der Waals surface area contributed by atoms with Gasteiger partial charge in [0.1, 0.15) is 0 Å². The number of fused-ring (bicyclic) bond motifs is 2. The van der Waals surface area contributed by atoms with Crippen molar-refractivity contribution in [2.45, 2.75) is 5.92 Å². The van der Waals surface area contributed by atoms with Crippen LogP contribution in [-0.4, -0.2) is 16.6 Å².